The molecule has 1 aromatic rings. The van der Waals surface area contributed by atoms with E-state index in [2.05, 4.69) is 23.2 Å². The van der Waals surface area contributed by atoms with Crippen molar-refractivity contribution < 1.29 is 9.59 Å². The van der Waals surface area contributed by atoms with Crippen molar-refractivity contribution in [2.45, 2.75) is 20.3 Å². The molecule has 110 valence electrons. The average molecular weight is 293 g/mol. The van der Waals surface area contributed by atoms with Crippen LogP contribution >= 0.6 is 0 Å². The fourth-order valence-electron chi connectivity index (χ4n) is 4.22. The van der Waals surface area contributed by atoms with Crippen LogP contribution in [0.15, 0.2) is 18.2 Å². The van der Waals surface area contributed by atoms with Crippen LogP contribution in [0.1, 0.15) is 23.2 Å². The number of aryl methyl sites for hydroxylation is 2. The zero-order chi connectivity index (χ0) is 15.6. The van der Waals surface area contributed by atoms with Crippen molar-refractivity contribution in [2.75, 3.05) is 4.90 Å². The molecule has 2 aliphatic carbocycles. The van der Waals surface area contributed by atoms with Gasteiger partial charge in [0, 0.05) is 0 Å². The summed E-state index contributed by atoms with van der Waals surface area (Å²) in [5.74, 6) is 0.0266. The highest BCUT2D eigenvalue weighted by Gasteiger charge is 2.59. The van der Waals surface area contributed by atoms with Gasteiger partial charge in [0.15, 0.2) is 0 Å². The number of carbonyl (C=O) groups is 2. The highest BCUT2D eigenvalue weighted by Crippen LogP contribution is 2.53. The normalized spacial score (nSPS) is 31.8. The zero-order valence-electron chi connectivity index (χ0n) is 12.4. The van der Waals surface area contributed by atoms with E-state index in [1.807, 2.05) is 0 Å². The predicted octanol–water partition coefficient (Wildman–Crippen LogP) is 1.88. The minimum absolute atomic E-state index is 0.136. The summed E-state index contributed by atoms with van der Waals surface area (Å²) >= 11 is 0. The van der Waals surface area contributed by atoms with E-state index < -0.39 is 0 Å². The summed E-state index contributed by atoms with van der Waals surface area (Å²) in [6.07, 6.45) is 5.06. The van der Waals surface area contributed by atoms with Crippen LogP contribution in [0.5, 0.6) is 0 Å². The fraction of sp³-hybridized carbons (Fsp3) is 0.412. The summed E-state index contributed by atoms with van der Waals surface area (Å²) in [5.41, 5.74) is 1.80. The number of pyridine rings is 1. The van der Waals surface area contributed by atoms with E-state index in [4.69, 9.17) is 5.26 Å². The maximum Gasteiger partial charge on any atom is 0.239 e. The van der Waals surface area contributed by atoms with Gasteiger partial charge in [0.1, 0.15) is 11.9 Å². The first kappa shape index (κ1) is 13.2. The number of hydrogen-bond acceptors (Lipinski definition) is 4. The number of anilines is 1. The first-order valence-electron chi connectivity index (χ1n) is 7.47. The molecule has 2 fully saturated rings. The molecule has 5 heteroatoms. The Balaban J connectivity index is 1.78. The lowest BCUT2D eigenvalue weighted by molar-refractivity contribution is -0.123. The van der Waals surface area contributed by atoms with Crippen molar-refractivity contribution in [3.05, 3.63) is 35.0 Å². The SMILES string of the molecule is Cc1cc(N2C(=O)[C@@H]3[C@H](C2=O)[C@@H]2C=C[C@H]3C2)nc(C)c1C#N. The Hall–Kier alpha value is -2.48. The molecule has 2 heterocycles. The molecule has 0 N–H and O–H groups in total. The Morgan fingerprint density at radius 3 is 2.27 bits per heavy atom. The van der Waals surface area contributed by atoms with Gasteiger partial charge in [-0.15, -0.1) is 0 Å². The standard InChI is InChI=1S/C17H15N3O2/c1-8-5-13(19-9(2)12(8)7-18)20-16(21)14-10-3-4-11(6-10)15(14)17(20)22/h3-5,10-11,14-15H,6H2,1-2H3/t10-,11+,14-,15+. The van der Waals surface area contributed by atoms with Gasteiger partial charge in [-0.3, -0.25) is 9.59 Å². The second-order valence-corrected chi connectivity index (χ2v) is 6.38. The molecule has 5 nitrogen and oxygen atoms in total. The van der Waals surface area contributed by atoms with E-state index in [0.29, 0.717) is 17.1 Å². The molecule has 4 atom stereocenters. The molecule has 1 aromatic heterocycles. The number of amides is 2. The van der Waals surface area contributed by atoms with Gasteiger partial charge in [0.05, 0.1) is 23.1 Å². The first-order valence-corrected chi connectivity index (χ1v) is 7.47. The van der Waals surface area contributed by atoms with Crippen molar-refractivity contribution in [3.63, 3.8) is 0 Å². The largest absolute Gasteiger partial charge is 0.274 e. The number of allylic oxidation sites excluding steroid dienone is 2. The molecule has 1 saturated carbocycles. The Bertz CT molecular complexity index is 737. The Morgan fingerprint density at radius 2 is 1.77 bits per heavy atom. The van der Waals surface area contributed by atoms with Crippen LogP contribution < -0.4 is 4.90 Å². The topological polar surface area (TPSA) is 74.1 Å². The first-order chi connectivity index (χ1) is 10.5. The Kier molecular flexibility index (Phi) is 2.56. The lowest BCUT2D eigenvalue weighted by Gasteiger charge is -2.17. The van der Waals surface area contributed by atoms with Gasteiger partial charge in [-0.2, -0.15) is 5.26 Å². The van der Waals surface area contributed by atoms with Gasteiger partial charge in [0.25, 0.3) is 0 Å². The molecule has 2 bridgehead atoms. The van der Waals surface area contributed by atoms with Gasteiger partial charge >= 0.3 is 0 Å². The van der Waals surface area contributed by atoms with Crippen molar-refractivity contribution in [1.29, 1.82) is 5.26 Å². The molecule has 0 radical (unpaired) electrons. The van der Waals surface area contributed by atoms with E-state index >= 15 is 0 Å². The highest BCUT2D eigenvalue weighted by atomic mass is 16.2. The van der Waals surface area contributed by atoms with E-state index in [-0.39, 0.29) is 35.5 Å². The summed E-state index contributed by atoms with van der Waals surface area (Å²) in [7, 11) is 0. The number of nitriles is 1. The third kappa shape index (κ3) is 1.50. The van der Waals surface area contributed by atoms with Crippen LogP contribution in [0.3, 0.4) is 0 Å². The predicted molar refractivity (Wildman–Crippen MR) is 78.6 cm³/mol. The van der Waals surface area contributed by atoms with E-state index in [0.717, 1.165) is 12.0 Å². The molecule has 4 rings (SSSR count). The maximum absolute atomic E-state index is 12.7. The van der Waals surface area contributed by atoms with E-state index in [9.17, 15) is 9.59 Å². The Morgan fingerprint density at radius 1 is 1.18 bits per heavy atom. The second-order valence-electron chi connectivity index (χ2n) is 6.38. The number of hydrogen-bond donors (Lipinski definition) is 0. The molecule has 1 saturated heterocycles. The summed E-state index contributed by atoms with van der Waals surface area (Å²) in [5, 5.41) is 9.12. The van der Waals surface area contributed by atoms with Crippen LogP contribution in [0.2, 0.25) is 0 Å². The molecule has 0 aromatic carbocycles. The molecule has 1 aliphatic heterocycles. The van der Waals surface area contributed by atoms with E-state index in [1.54, 1.807) is 19.9 Å². The molecule has 22 heavy (non-hydrogen) atoms. The van der Waals surface area contributed by atoms with Crippen LogP contribution in [0.4, 0.5) is 5.82 Å². The van der Waals surface area contributed by atoms with Crippen molar-refractivity contribution >= 4 is 17.6 Å². The molecular weight excluding hydrogens is 278 g/mol. The van der Waals surface area contributed by atoms with Crippen LogP contribution in [0.25, 0.3) is 0 Å². The van der Waals surface area contributed by atoms with Crippen LogP contribution in [-0.2, 0) is 9.59 Å². The van der Waals surface area contributed by atoms with Gasteiger partial charge < -0.3 is 0 Å². The maximum atomic E-state index is 12.7. The quantitative estimate of drug-likeness (QED) is 0.585. The second kappa shape index (κ2) is 4.26. The minimum Gasteiger partial charge on any atom is -0.274 e. The number of carbonyl (C=O) groups excluding carboxylic acids is 2. The summed E-state index contributed by atoms with van der Waals surface area (Å²) in [4.78, 5) is 31.0. The summed E-state index contributed by atoms with van der Waals surface area (Å²) < 4.78 is 0. The van der Waals surface area contributed by atoms with Gasteiger partial charge in [-0.05, 0) is 43.7 Å². The number of nitrogens with zero attached hydrogens (tertiary/aromatic N) is 3. The molecule has 0 unspecified atom stereocenters. The molecular formula is C17H15N3O2. The fourth-order valence-corrected chi connectivity index (χ4v) is 4.22. The minimum atomic E-state index is -0.222. The van der Waals surface area contributed by atoms with E-state index in [1.165, 1.54) is 4.90 Å². The monoisotopic (exact) mass is 293 g/mol. The average Bonchev–Trinajstić information content (AvgIpc) is 3.12. The number of imide groups is 1. The summed E-state index contributed by atoms with van der Waals surface area (Å²) in [6, 6.07) is 3.77. The lowest BCUT2D eigenvalue weighted by atomic mass is 9.85. The number of fused-ring (bicyclic) bond motifs is 5. The molecule has 0 spiro atoms. The van der Waals surface area contributed by atoms with Crippen molar-refractivity contribution in [3.8, 4) is 6.07 Å². The zero-order valence-corrected chi connectivity index (χ0v) is 12.4. The van der Waals surface area contributed by atoms with Crippen LogP contribution in [0, 0.1) is 48.9 Å². The van der Waals surface area contributed by atoms with Crippen LogP contribution in [-0.4, -0.2) is 16.8 Å². The third-order valence-electron chi connectivity index (χ3n) is 5.20. The van der Waals surface area contributed by atoms with Gasteiger partial charge in [-0.25, -0.2) is 9.88 Å². The van der Waals surface area contributed by atoms with Crippen molar-refractivity contribution in [1.82, 2.24) is 4.98 Å². The van der Waals surface area contributed by atoms with Gasteiger partial charge in [-0.1, -0.05) is 12.2 Å². The van der Waals surface area contributed by atoms with Crippen molar-refractivity contribution in [2.24, 2.45) is 23.7 Å². The lowest BCUT2D eigenvalue weighted by Crippen LogP contribution is -2.33. The summed E-state index contributed by atoms with van der Waals surface area (Å²) in [6.45, 7) is 3.53. The molecule has 2 amide bonds. The Labute approximate surface area is 128 Å². The van der Waals surface area contributed by atoms with Gasteiger partial charge in [0.2, 0.25) is 11.8 Å². The third-order valence-corrected chi connectivity index (χ3v) is 5.20. The highest BCUT2D eigenvalue weighted by molar-refractivity contribution is 6.22. The number of aromatic nitrogens is 1. The molecule has 3 aliphatic rings. The number of rotatable bonds is 1. The smallest absolute Gasteiger partial charge is 0.239 e.